The third kappa shape index (κ3) is 3.17. The van der Waals surface area contributed by atoms with Crippen LogP contribution in [0.1, 0.15) is 31.4 Å². The van der Waals surface area contributed by atoms with Crippen LogP contribution in [0.5, 0.6) is 0 Å². The number of ether oxygens (including phenoxy) is 1. The van der Waals surface area contributed by atoms with Crippen LogP contribution in [0.15, 0.2) is 18.3 Å². The molecule has 4 nitrogen and oxygen atoms in total. The molecule has 1 aliphatic rings. The number of hydrogen-bond acceptors (Lipinski definition) is 4. The fourth-order valence-corrected chi connectivity index (χ4v) is 2.09. The zero-order chi connectivity index (χ0) is 12.3. The number of rotatable bonds is 4. The van der Waals surface area contributed by atoms with Crippen LogP contribution in [0.2, 0.25) is 0 Å². The first-order valence-electron chi connectivity index (χ1n) is 6.13. The number of nitrogens with zero attached hydrogens (tertiary/aromatic N) is 2. The summed E-state index contributed by atoms with van der Waals surface area (Å²) in [5.74, 6) is 0.888. The van der Waals surface area contributed by atoms with Gasteiger partial charge in [-0.25, -0.2) is 4.98 Å². The Hall–Kier alpha value is -1.13. The number of anilines is 1. The highest BCUT2D eigenvalue weighted by molar-refractivity contribution is 5.40. The van der Waals surface area contributed by atoms with E-state index in [1.165, 1.54) is 0 Å². The van der Waals surface area contributed by atoms with Gasteiger partial charge in [-0.05, 0) is 37.5 Å². The average Bonchev–Trinajstić information content (AvgIpc) is 2.82. The van der Waals surface area contributed by atoms with E-state index < -0.39 is 6.10 Å². The van der Waals surface area contributed by atoms with Gasteiger partial charge in [0.1, 0.15) is 5.82 Å². The zero-order valence-corrected chi connectivity index (χ0v) is 10.5. The van der Waals surface area contributed by atoms with Crippen LogP contribution in [0.3, 0.4) is 0 Å². The predicted octanol–water partition coefficient (Wildman–Crippen LogP) is 1.75. The normalized spacial score (nSPS) is 21.5. The average molecular weight is 236 g/mol. The SMILES string of the molecule is C[C@@H](O)c1ccnc(N(C)CC2CCCO2)c1. The van der Waals surface area contributed by atoms with Crippen molar-refractivity contribution in [3.05, 3.63) is 23.9 Å². The van der Waals surface area contributed by atoms with Gasteiger partial charge in [-0.2, -0.15) is 0 Å². The summed E-state index contributed by atoms with van der Waals surface area (Å²) in [4.78, 5) is 6.41. The summed E-state index contributed by atoms with van der Waals surface area (Å²) < 4.78 is 5.60. The van der Waals surface area contributed by atoms with Crippen LogP contribution in [0, 0.1) is 0 Å². The Kier molecular flexibility index (Phi) is 3.97. The molecule has 0 radical (unpaired) electrons. The van der Waals surface area contributed by atoms with Gasteiger partial charge in [0.2, 0.25) is 0 Å². The molecule has 1 aromatic rings. The van der Waals surface area contributed by atoms with E-state index >= 15 is 0 Å². The summed E-state index contributed by atoms with van der Waals surface area (Å²) in [7, 11) is 2.01. The van der Waals surface area contributed by atoms with Crippen LogP contribution in [-0.4, -0.2) is 36.4 Å². The maximum Gasteiger partial charge on any atom is 0.128 e. The summed E-state index contributed by atoms with van der Waals surface area (Å²) in [6, 6.07) is 3.77. The minimum atomic E-state index is -0.451. The molecule has 17 heavy (non-hydrogen) atoms. The van der Waals surface area contributed by atoms with E-state index in [9.17, 15) is 5.11 Å². The Morgan fingerprint density at radius 3 is 3.12 bits per heavy atom. The topological polar surface area (TPSA) is 45.6 Å². The molecule has 1 aliphatic heterocycles. The molecule has 94 valence electrons. The first-order chi connectivity index (χ1) is 8.16. The molecule has 2 heterocycles. The molecule has 1 N–H and O–H groups in total. The van der Waals surface area contributed by atoms with Crippen LogP contribution in [0.25, 0.3) is 0 Å². The number of aliphatic hydroxyl groups excluding tert-OH is 1. The van der Waals surface area contributed by atoms with Gasteiger partial charge in [0.05, 0.1) is 12.2 Å². The van der Waals surface area contributed by atoms with E-state index in [2.05, 4.69) is 9.88 Å². The number of likely N-dealkylation sites (N-methyl/N-ethyl adjacent to an activating group) is 1. The standard InChI is InChI=1S/C13H20N2O2/c1-10(16)11-5-6-14-13(8-11)15(2)9-12-4-3-7-17-12/h5-6,8,10,12,16H,3-4,7,9H2,1-2H3/t10-,12?/m1/s1. The van der Waals surface area contributed by atoms with Crippen molar-refractivity contribution in [1.29, 1.82) is 0 Å². The lowest BCUT2D eigenvalue weighted by atomic mass is 10.1. The molecule has 1 saturated heterocycles. The highest BCUT2D eigenvalue weighted by Gasteiger charge is 2.18. The van der Waals surface area contributed by atoms with Gasteiger partial charge >= 0.3 is 0 Å². The summed E-state index contributed by atoms with van der Waals surface area (Å²) in [5, 5.41) is 9.54. The van der Waals surface area contributed by atoms with Gasteiger partial charge in [-0.15, -0.1) is 0 Å². The van der Waals surface area contributed by atoms with Gasteiger partial charge in [0.15, 0.2) is 0 Å². The molecule has 1 unspecified atom stereocenters. The lowest BCUT2D eigenvalue weighted by Crippen LogP contribution is -2.29. The Balaban J connectivity index is 2.02. The van der Waals surface area contributed by atoms with Crippen LogP contribution >= 0.6 is 0 Å². The van der Waals surface area contributed by atoms with E-state index in [1.54, 1.807) is 13.1 Å². The molecule has 1 fully saturated rings. The second-order valence-corrected chi connectivity index (χ2v) is 4.64. The quantitative estimate of drug-likeness (QED) is 0.865. The molecule has 0 aliphatic carbocycles. The van der Waals surface area contributed by atoms with E-state index in [1.807, 2.05) is 19.2 Å². The molecule has 2 atom stereocenters. The molecule has 4 heteroatoms. The van der Waals surface area contributed by atoms with E-state index in [4.69, 9.17) is 4.74 Å². The second-order valence-electron chi connectivity index (χ2n) is 4.64. The van der Waals surface area contributed by atoms with Gasteiger partial charge in [-0.1, -0.05) is 0 Å². The first kappa shape index (κ1) is 12.3. The van der Waals surface area contributed by atoms with Crippen molar-refractivity contribution in [3.63, 3.8) is 0 Å². The van der Waals surface area contributed by atoms with Crippen LogP contribution < -0.4 is 4.90 Å². The van der Waals surface area contributed by atoms with Gasteiger partial charge in [0, 0.05) is 26.4 Å². The van der Waals surface area contributed by atoms with Crippen molar-refractivity contribution in [2.45, 2.75) is 32.0 Å². The molecule has 0 spiro atoms. The molecule has 2 rings (SSSR count). The molecule has 0 amide bonds. The minimum absolute atomic E-state index is 0.317. The Morgan fingerprint density at radius 1 is 1.65 bits per heavy atom. The molecule has 0 aromatic carbocycles. The first-order valence-corrected chi connectivity index (χ1v) is 6.13. The summed E-state index contributed by atoms with van der Waals surface area (Å²) in [6.45, 7) is 3.50. The lowest BCUT2D eigenvalue weighted by Gasteiger charge is -2.22. The second kappa shape index (κ2) is 5.47. The molecule has 0 bridgehead atoms. The van der Waals surface area contributed by atoms with E-state index in [-0.39, 0.29) is 0 Å². The number of aromatic nitrogens is 1. The van der Waals surface area contributed by atoms with Crippen molar-refractivity contribution in [1.82, 2.24) is 4.98 Å². The highest BCUT2D eigenvalue weighted by atomic mass is 16.5. The fraction of sp³-hybridized carbons (Fsp3) is 0.615. The Morgan fingerprint density at radius 2 is 2.47 bits per heavy atom. The number of hydrogen-bond donors (Lipinski definition) is 1. The predicted molar refractivity (Wildman–Crippen MR) is 67.1 cm³/mol. The molecule has 0 saturated carbocycles. The largest absolute Gasteiger partial charge is 0.389 e. The summed E-state index contributed by atoms with van der Waals surface area (Å²) in [6.07, 6.45) is 3.88. The monoisotopic (exact) mass is 236 g/mol. The van der Waals surface area contributed by atoms with Crippen LogP contribution in [0.4, 0.5) is 5.82 Å². The summed E-state index contributed by atoms with van der Waals surface area (Å²) >= 11 is 0. The third-order valence-corrected chi connectivity index (χ3v) is 3.14. The third-order valence-electron chi connectivity index (χ3n) is 3.14. The number of pyridine rings is 1. The Labute approximate surface area is 102 Å². The van der Waals surface area contributed by atoms with Gasteiger partial charge in [0.25, 0.3) is 0 Å². The molecule has 1 aromatic heterocycles. The Bertz CT molecular complexity index is 362. The summed E-state index contributed by atoms with van der Waals surface area (Å²) in [5.41, 5.74) is 0.897. The van der Waals surface area contributed by atoms with Crippen molar-refractivity contribution in [2.75, 3.05) is 25.1 Å². The maximum atomic E-state index is 9.54. The van der Waals surface area contributed by atoms with Gasteiger partial charge in [-0.3, -0.25) is 0 Å². The van der Waals surface area contributed by atoms with E-state index in [0.29, 0.717) is 6.10 Å². The zero-order valence-electron chi connectivity index (χ0n) is 10.5. The highest BCUT2D eigenvalue weighted by Crippen LogP contribution is 2.19. The fourth-order valence-electron chi connectivity index (χ4n) is 2.09. The lowest BCUT2D eigenvalue weighted by molar-refractivity contribution is 0.116. The van der Waals surface area contributed by atoms with Crippen LogP contribution in [-0.2, 0) is 4.74 Å². The van der Waals surface area contributed by atoms with Crippen molar-refractivity contribution in [2.24, 2.45) is 0 Å². The van der Waals surface area contributed by atoms with Gasteiger partial charge < -0.3 is 14.7 Å². The van der Waals surface area contributed by atoms with Crippen molar-refractivity contribution >= 4 is 5.82 Å². The molecular formula is C13H20N2O2. The van der Waals surface area contributed by atoms with Crippen molar-refractivity contribution < 1.29 is 9.84 Å². The maximum absolute atomic E-state index is 9.54. The smallest absolute Gasteiger partial charge is 0.128 e. The van der Waals surface area contributed by atoms with E-state index in [0.717, 1.165) is 37.4 Å². The van der Waals surface area contributed by atoms with Crippen molar-refractivity contribution in [3.8, 4) is 0 Å². The minimum Gasteiger partial charge on any atom is -0.389 e. The number of aliphatic hydroxyl groups is 1. The molecular weight excluding hydrogens is 216 g/mol.